The van der Waals surface area contributed by atoms with E-state index in [0.717, 1.165) is 55.7 Å². The second-order valence-electron chi connectivity index (χ2n) is 9.71. The highest BCUT2D eigenvalue weighted by atomic mass is 19.1. The van der Waals surface area contributed by atoms with Gasteiger partial charge in [-0.25, -0.2) is 9.07 Å². The quantitative estimate of drug-likeness (QED) is 0.498. The second kappa shape index (κ2) is 10.4. The number of ether oxygens (including phenoxy) is 1. The summed E-state index contributed by atoms with van der Waals surface area (Å²) in [5.74, 6) is -0.908. The number of aryl methyl sites for hydroxylation is 1. The van der Waals surface area contributed by atoms with Gasteiger partial charge < -0.3 is 20.3 Å². The molecule has 2 aromatic heterocycles. The van der Waals surface area contributed by atoms with E-state index in [2.05, 4.69) is 38.6 Å². The van der Waals surface area contributed by atoms with Crippen LogP contribution in [-0.2, 0) is 4.74 Å². The summed E-state index contributed by atoms with van der Waals surface area (Å²) in [4.78, 5) is 19.3. The summed E-state index contributed by atoms with van der Waals surface area (Å²) in [7, 11) is 1.76. The van der Waals surface area contributed by atoms with E-state index in [0.29, 0.717) is 11.3 Å². The number of aromatic nitrogens is 3. The topological polar surface area (TPSA) is 84.3 Å². The Morgan fingerprint density at radius 3 is 2.75 bits per heavy atom. The summed E-state index contributed by atoms with van der Waals surface area (Å²) in [5.41, 5.74) is 4.11. The number of carbonyl (C=O) groups excluding carboxylic acids is 1. The number of hydrogen-bond donors (Lipinski definition) is 2. The van der Waals surface area contributed by atoms with E-state index in [1.54, 1.807) is 30.3 Å². The number of pyridine rings is 1. The van der Waals surface area contributed by atoms with Crippen molar-refractivity contribution in [3.63, 3.8) is 0 Å². The number of amides is 1. The molecule has 3 heterocycles. The standard InChI is InChI=1S/C27H33FN6O2/c1-4-33-8-7-24(26(16-33)36-3)31-21-10-18(12-29-14-21)19-13-30-34(15-19)25-11-22(23(28)9-17(25)2)27(35)32-20-5-6-20/h9-15,20,24,26,31H,4-8,16H2,1-3H3,(H,32,35)/t24?,26-/m1/s1. The molecule has 190 valence electrons. The lowest BCUT2D eigenvalue weighted by molar-refractivity contribution is 0.0241. The van der Waals surface area contributed by atoms with E-state index >= 15 is 0 Å². The van der Waals surface area contributed by atoms with Crippen LogP contribution in [0, 0.1) is 12.7 Å². The molecule has 36 heavy (non-hydrogen) atoms. The van der Waals surface area contributed by atoms with Crippen molar-refractivity contribution in [1.82, 2.24) is 25.0 Å². The molecule has 2 aliphatic rings. The number of nitrogens with one attached hydrogen (secondary N) is 2. The van der Waals surface area contributed by atoms with Crippen molar-refractivity contribution in [3.05, 3.63) is 59.9 Å². The van der Waals surface area contributed by atoms with E-state index in [9.17, 15) is 9.18 Å². The Hall–Kier alpha value is -3.30. The molecule has 1 aromatic carbocycles. The fourth-order valence-corrected chi connectivity index (χ4v) is 4.74. The number of rotatable bonds is 8. The molecule has 3 aromatic rings. The minimum Gasteiger partial charge on any atom is -0.378 e. The van der Waals surface area contributed by atoms with Crippen molar-refractivity contribution >= 4 is 11.6 Å². The molecule has 8 nitrogen and oxygen atoms in total. The van der Waals surface area contributed by atoms with Gasteiger partial charge >= 0.3 is 0 Å². The average molecular weight is 493 g/mol. The van der Waals surface area contributed by atoms with Crippen molar-refractivity contribution < 1.29 is 13.9 Å². The van der Waals surface area contributed by atoms with Gasteiger partial charge in [0, 0.05) is 56.0 Å². The SMILES string of the molecule is CCN1CCC(Nc2cncc(-c3cnn(-c4cc(C(=O)NC5CC5)c(F)cc4C)c3)c2)[C@H](OC)C1. The van der Waals surface area contributed by atoms with Crippen molar-refractivity contribution in [1.29, 1.82) is 0 Å². The average Bonchev–Trinajstić information content (AvgIpc) is 3.56. The highest BCUT2D eigenvalue weighted by Crippen LogP contribution is 2.27. The molecule has 0 radical (unpaired) electrons. The molecule has 1 amide bonds. The molecular formula is C27H33FN6O2. The summed E-state index contributed by atoms with van der Waals surface area (Å²) in [6.45, 7) is 6.94. The van der Waals surface area contributed by atoms with Crippen LogP contribution < -0.4 is 10.6 Å². The minimum atomic E-state index is -0.524. The van der Waals surface area contributed by atoms with Gasteiger partial charge in [-0.3, -0.25) is 9.78 Å². The zero-order valence-electron chi connectivity index (χ0n) is 21.0. The number of nitrogens with zero attached hydrogens (tertiary/aromatic N) is 4. The predicted molar refractivity (Wildman–Crippen MR) is 137 cm³/mol. The lowest BCUT2D eigenvalue weighted by atomic mass is 10.0. The third-order valence-corrected chi connectivity index (χ3v) is 7.09. The maximum absolute atomic E-state index is 14.6. The molecule has 1 saturated heterocycles. The molecule has 1 aliphatic carbocycles. The van der Waals surface area contributed by atoms with Gasteiger partial charge in [0.15, 0.2) is 0 Å². The van der Waals surface area contributed by atoms with Crippen LogP contribution in [0.3, 0.4) is 0 Å². The molecule has 1 saturated carbocycles. The van der Waals surface area contributed by atoms with E-state index in [4.69, 9.17) is 4.74 Å². The van der Waals surface area contributed by atoms with Gasteiger partial charge in [-0.15, -0.1) is 0 Å². The Bertz CT molecular complexity index is 1240. The number of hydrogen-bond acceptors (Lipinski definition) is 6. The number of likely N-dealkylation sites (N-methyl/N-ethyl adjacent to an activating group) is 1. The van der Waals surface area contributed by atoms with E-state index in [1.807, 2.05) is 19.3 Å². The molecular weight excluding hydrogens is 459 g/mol. The summed E-state index contributed by atoms with van der Waals surface area (Å²) >= 11 is 0. The molecule has 1 aliphatic heterocycles. The Balaban J connectivity index is 1.35. The molecule has 1 unspecified atom stereocenters. The smallest absolute Gasteiger partial charge is 0.254 e. The molecule has 9 heteroatoms. The number of methoxy groups -OCH3 is 1. The molecule has 5 rings (SSSR count). The third-order valence-electron chi connectivity index (χ3n) is 7.09. The lowest BCUT2D eigenvalue weighted by Crippen LogP contribution is -2.50. The molecule has 2 atom stereocenters. The van der Waals surface area contributed by atoms with Crippen LogP contribution in [0.4, 0.5) is 10.1 Å². The summed E-state index contributed by atoms with van der Waals surface area (Å²) in [5, 5.41) is 11.0. The molecule has 2 fully saturated rings. The number of likely N-dealkylation sites (tertiary alicyclic amines) is 1. The van der Waals surface area contributed by atoms with Gasteiger partial charge in [0.1, 0.15) is 5.82 Å². The summed E-state index contributed by atoms with van der Waals surface area (Å²) in [6.07, 6.45) is 10.2. The van der Waals surface area contributed by atoms with E-state index < -0.39 is 5.82 Å². The van der Waals surface area contributed by atoms with Crippen LogP contribution in [0.2, 0.25) is 0 Å². The number of halogens is 1. The maximum Gasteiger partial charge on any atom is 0.254 e. The van der Waals surface area contributed by atoms with Crippen LogP contribution in [0.15, 0.2) is 43.0 Å². The zero-order valence-corrected chi connectivity index (χ0v) is 21.0. The largest absolute Gasteiger partial charge is 0.378 e. The molecule has 2 N–H and O–H groups in total. The third kappa shape index (κ3) is 5.27. The molecule has 0 bridgehead atoms. The van der Waals surface area contributed by atoms with Gasteiger partial charge in [0.25, 0.3) is 5.91 Å². The van der Waals surface area contributed by atoms with Gasteiger partial charge in [-0.2, -0.15) is 5.10 Å². The van der Waals surface area contributed by atoms with Crippen LogP contribution in [0.5, 0.6) is 0 Å². The van der Waals surface area contributed by atoms with Crippen molar-refractivity contribution in [2.75, 3.05) is 32.1 Å². The minimum absolute atomic E-state index is 0.0363. The van der Waals surface area contributed by atoms with Crippen molar-refractivity contribution in [2.45, 2.75) is 51.3 Å². The lowest BCUT2D eigenvalue weighted by Gasteiger charge is -2.38. The summed E-state index contributed by atoms with van der Waals surface area (Å²) < 4.78 is 22.0. The van der Waals surface area contributed by atoms with Gasteiger partial charge in [-0.05, 0) is 56.5 Å². The Labute approximate surface area is 210 Å². The van der Waals surface area contributed by atoms with Crippen molar-refractivity contribution in [2.24, 2.45) is 0 Å². The first-order chi connectivity index (χ1) is 17.4. The number of anilines is 1. The zero-order chi connectivity index (χ0) is 25.2. The molecule has 0 spiro atoms. The van der Waals surface area contributed by atoms with E-state index in [1.165, 1.54) is 6.07 Å². The van der Waals surface area contributed by atoms with Gasteiger partial charge in [0.2, 0.25) is 0 Å². The second-order valence-corrected chi connectivity index (χ2v) is 9.71. The summed E-state index contributed by atoms with van der Waals surface area (Å²) in [6, 6.07) is 5.38. The van der Waals surface area contributed by atoms with Crippen molar-refractivity contribution in [3.8, 4) is 16.8 Å². The Morgan fingerprint density at radius 1 is 1.17 bits per heavy atom. The van der Waals surface area contributed by atoms with E-state index in [-0.39, 0.29) is 29.7 Å². The first-order valence-electron chi connectivity index (χ1n) is 12.6. The first-order valence-corrected chi connectivity index (χ1v) is 12.6. The Kier molecular flexibility index (Phi) is 7.02. The fourth-order valence-electron chi connectivity index (χ4n) is 4.74. The maximum atomic E-state index is 14.6. The number of carbonyl (C=O) groups is 1. The van der Waals surface area contributed by atoms with Crippen LogP contribution in [0.25, 0.3) is 16.8 Å². The normalized spacial score (nSPS) is 20.3. The monoisotopic (exact) mass is 492 g/mol. The fraction of sp³-hybridized carbons (Fsp3) is 0.444. The first kappa shape index (κ1) is 24.4. The predicted octanol–water partition coefficient (Wildman–Crippen LogP) is 3.80. The highest BCUT2D eigenvalue weighted by molar-refractivity contribution is 5.95. The number of piperidine rings is 1. The van der Waals surface area contributed by atoms with Gasteiger partial charge in [-0.1, -0.05) is 6.92 Å². The Morgan fingerprint density at radius 2 is 2.00 bits per heavy atom. The van der Waals surface area contributed by atoms with Crippen LogP contribution in [0.1, 0.15) is 42.1 Å². The highest BCUT2D eigenvalue weighted by Gasteiger charge is 2.29. The van der Waals surface area contributed by atoms with Crippen LogP contribution in [-0.4, -0.2) is 70.5 Å². The van der Waals surface area contributed by atoms with Crippen LogP contribution >= 0.6 is 0 Å². The van der Waals surface area contributed by atoms with Gasteiger partial charge in [0.05, 0.1) is 35.3 Å². The number of benzene rings is 1.